The molecule has 11 nitrogen and oxygen atoms in total. The van der Waals surface area contributed by atoms with Gasteiger partial charge in [0.2, 0.25) is 0 Å². The monoisotopic (exact) mass is 421 g/mol. The largest absolute Gasteiger partial charge is 0.463 e. The van der Waals surface area contributed by atoms with E-state index in [1.54, 1.807) is 6.07 Å². The molecule has 30 heavy (non-hydrogen) atoms. The number of esters is 2. The minimum absolute atomic E-state index is 0.112. The molecule has 3 rings (SSSR count). The minimum Gasteiger partial charge on any atom is -0.463 e. The van der Waals surface area contributed by atoms with Crippen molar-refractivity contribution in [1.29, 1.82) is 0 Å². The summed E-state index contributed by atoms with van der Waals surface area (Å²) < 4.78 is 22.5. The maximum absolute atomic E-state index is 12.4. The van der Waals surface area contributed by atoms with E-state index in [9.17, 15) is 19.2 Å². The average Bonchev–Trinajstić information content (AvgIpc) is 3.27. The predicted octanol–water partition coefficient (Wildman–Crippen LogP) is 0.926. The molecule has 0 spiro atoms. The van der Waals surface area contributed by atoms with Crippen molar-refractivity contribution in [2.75, 3.05) is 6.61 Å². The molecule has 0 amide bonds. The van der Waals surface area contributed by atoms with Gasteiger partial charge < -0.3 is 18.7 Å². The number of aromatic nitrogens is 3. The van der Waals surface area contributed by atoms with E-state index in [1.807, 2.05) is 6.92 Å². The number of nitrogens with one attached hydrogen (secondary N) is 1. The fourth-order valence-corrected chi connectivity index (χ4v) is 3.25. The number of hydrogen-bond acceptors (Lipinski definition) is 9. The Bertz CT molecular complexity index is 1040. The van der Waals surface area contributed by atoms with E-state index >= 15 is 0 Å². The number of carbonyl (C=O) groups is 2. The van der Waals surface area contributed by atoms with Crippen LogP contribution in [0.15, 0.2) is 26.4 Å². The van der Waals surface area contributed by atoms with E-state index in [2.05, 4.69) is 10.1 Å². The van der Waals surface area contributed by atoms with Gasteiger partial charge in [0.25, 0.3) is 5.56 Å². The summed E-state index contributed by atoms with van der Waals surface area (Å²) in [5.74, 6) is -0.823. The molecule has 0 aliphatic carbocycles. The predicted molar refractivity (Wildman–Crippen MR) is 102 cm³/mol. The minimum atomic E-state index is -0.851. The zero-order valence-corrected chi connectivity index (χ0v) is 16.9. The van der Waals surface area contributed by atoms with Gasteiger partial charge in [-0.1, -0.05) is 18.5 Å². The van der Waals surface area contributed by atoms with Crippen LogP contribution in [-0.2, 0) is 30.2 Å². The van der Waals surface area contributed by atoms with Crippen molar-refractivity contribution in [3.05, 3.63) is 38.8 Å². The first-order valence-corrected chi connectivity index (χ1v) is 9.56. The third-order valence-corrected chi connectivity index (χ3v) is 4.56. The highest BCUT2D eigenvalue weighted by atomic mass is 16.6. The molecule has 162 valence electrons. The second-order valence-corrected chi connectivity index (χ2v) is 6.96. The molecule has 11 heteroatoms. The van der Waals surface area contributed by atoms with Gasteiger partial charge in [0.15, 0.2) is 5.76 Å². The Morgan fingerprint density at radius 1 is 1.30 bits per heavy atom. The summed E-state index contributed by atoms with van der Waals surface area (Å²) in [4.78, 5) is 49.5. The van der Waals surface area contributed by atoms with Crippen molar-refractivity contribution in [3.8, 4) is 11.3 Å². The summed E-state index contributed by atoms with van der Waals surface area (Å²) in [5, 5.41) is 3.92. The quantitative estimate of drug-likeness (QED) is 0.646. The maximum atomic E-state index is 12.4. The van der Waals surface area contributed by atoms with E-state index in [0.717, 1.165) is 6.42 Å². The second kappa shape index (κ2) is 9.08. The highest BCUT2D eigenvalue weighted by molar-refractivity contribution is 5.66. The Balaban J connectivity index is 1.90. The lowest BCUT2D eigenvalue weighted by Crippen LogP contribution is -2.33. The first kappa shape index (κ1) is 21.5. The van der Waals surface area contributed by atoms with E-state index in [1.165, 1.54) is 24.6 Å². The standard InChI is InChI=1S/C19H23N3O8/c1-4-5-12-6-14(30-21-12)13-8-22(19(26)20-18(13)25)17-7-15(28-11(3)24)16(29-17)9-27-10(2)23/h6,8,15-17H,4-5,7,9H2,1-3H3,(H,20,25,26)/t15-,16+,17+/m0/s1. The molecule has 0 aromatic carbocycles. The van der Waals surface area contributed by atoms with Crippen LogP contribution in [0.25, 0.3) is 11.3 Å². The van der Waals surface area contributed by atoms with Gasteiger partial charge in [-0.25, -0.2) is 4.79 Å². The highest BCUT2D eigenvalue weighted by Crippen LogP contribution is 2.31. The van der Waals surface area contributed by atoms with Gasteiger partial charge in [-0.3, -0.25) is 23.9 Å². The van der Waals surface area contributed by atoms with E-state index < -0.39 is 41.6 Å². The van der Waals surface area contributed by atoms with Crippen molar-refractivity contribution < 1.29 is 28.3 Å². The van der Waals surface area contributed by atoms with Crippen molar-refractivity contribution in [2.24, 2.45) is 0 Å². The normalized spacial score (nSPS) is 20.8. The molecule has 2 aromatic rings. The van der Waals surface area contributed by atoms with Crippen LogP contribution in [0.1, 0.15) is 45.5 Å². The van der Waals surface area contributed by atoms with E-state index in [-0.39, 0.29) is 24.4 Å². The number of H-pyrrole nitrogens is 1. The number of ether oxygens (including phenoxy) is 3. The number of rotatable bonds is 7. The fourth-order valence-electron chi connectivity index (χ4n) is 3.25. The number of nitrogens with zero attached hydrogens (tertiary/aromatic N) is 2. The third kappa shape index (κ3) is 4.85. The molecule has 1 aliphatic heterocycles. The van der Waals surface area contributed by atoms with Gasteiger partial charge in [-0.15, -0.1) is 0 Å². The molecule has 1 fully saturated rings. The molecular weight excluding hydrogens is 398 g/mol. The van der Waals surface area contributed by atoms with Crippen molar-refractivity contribution in [1.82, 2.24) is 14.7 Å². The van der Waals surface area contributed by atoms with Gasteiger partial charge in [0, 0.05) is 32.5 Å². The topological polar surface area (TPSA) is 143 Å². The van der Waals surface area contributed by atoms with Crippen molar-refractivity contribution in [3.63, 3.8) is 0 Å². The molecule has 0 radical (unpaired) electrons. The van der Waals surface area contributed by atoms with Crippen molar-refractivity contribution in [2.45, 2.75) is 58.5 Å². The lowest BCUT2D eigenvalue weighted by atomic mass is 10.1. The molecular formula is C19H23N3O8. The fraction of sp³-hybridized carbons (Fsp3) is 0.526. The van der Waals surface area contributed by atoms with Gasteiger partial charge in [0.05, 0.1) is 5.69 Å². The Labute approximate surface area is 170 Å². The second-order valence-electron chi connectivity index (χ2n) is 6.96. The molecule has 0 saturated carbocycles. The molecule has 3 heterocycles. The van der Waals surface area contributed by atoms with Gasteiger partial charge in [-0.05, 0) is 6.42 Å². The molecule has 1 N–H and O–H groups in total. The van der Waals surface area contributed by atoms with Crippen LogP contribution >= 0.6 is 0 Å². The number of aryl methyl sites for hydroxylation is 1. The van der Waals surface area contributed by atoms with Crippen LogP contribution in [-0.4, -0.2) is 45.5 Å². The van der Waals surface area contributed by atoms with Crippen LogP contribution in [0.2, 0.25) is 0 Å². The Hall–Kier alpha value is -3.21. The Kier molecular flexibility index (Phi) is 6.50. The Morgan fingerprint density at radius 2 is 2.07 bits per heavy atom. The molecule has 3 atom stereocenters. The number of aromatic amines is 1. The lowest BCUT2D eigenvalue weighted by molar-refractivity contribution is -0.155. The van der Waals surface area contributed by atoms with E-state index in [4.69, 9.17) is 18.7 Å². The summed E-state index contributed by atoms with van der Waals surface area (Å²) >= 11 is 0. The van der Waals surface area contributed by atoms with Crippen LogP contribution in [0.4, 0.5) is 0 Å². The molecule has 0 bridgehead atoms. The number of hydrogen-bond donors (Lipinski definition) is 1. The average molecular weight is 421 g/mol. The van der Waals surface area contributed by atoms with Crippen LogP contribution in [0.5, 0.6) is 0 Å². The SMILES string of the molecule is CCCc1cc(-c2cn([C@H]3C[C@H](OC(C)=O)[C@@H](COC(C)=O)O3)c(=O)[nH]c2=O)on1. The highest BCUT2D eigenvalue weighted by Gasteiger charge is 2.40. The number of carbonyl (C=O) groups excluding carboxylic acids is 2. The zero-order chi connectivity index (χ0) is 21.8. The summed E-state index contributed by atoms with van der Waals surface area (Å²) in [5.41, 5.74) is -0.517. The van der Waals surface area contributed by atoms with Gasteiger partial charge in [-0.2, -0.15) is 0 Å². The molecule has 2 aromatic heterocycles. The Morgan fingerprint density at radius 3 is 2.73 bits per heavy atom. The first-order chi connectivity index (χ1) is 14.3. The lowest BCUT2D eigenvalue weighted by Gasteiger charge is -2.17. The zero-order valence-electron chi connectivity index (χ0n) is 16.9. The summed E-state index contributed by atoms with van der Waals surface area (Å²) in [6.45, 7) is 4.34. The van der Waals surface area contributed by atoms with Crippen molar-refractivity contribution >= 4 is 11.9 Å². The third-order valence-electron chi connectivity index (χ3n) is 4.56. The van der Waals surface area contributed by atoms with Crippen LogP contribution in [0.3, 0.4) is 0 Å². The van der Waals surface area contributed by atoms with Crippen LogP contribution in [0, 0.1) is 0 Å². The first-order valence-electron chi connectivity index (χ1n) is 9.56. The van der Waals surface area contributed by atoms with E-state index in [0.29, 0.717) is 12.1 Å². The van der Waals surface area contributed by atoms with Gasteiger partial charge in [0.1, 0.15) is 30.6 Å². The summed E-state index contributed by atoms with van der Waals surface area (Å²) in [7, 11) is 0. The summed E-state index contributed by atoms with van der Waals surface area (Å²) in [6, 6.07) is 1.64. The molecule has 0 unspecified atom stereocenters. The molecule has 1 aliphatic rings. The maximum Gasteiger partial charge on any atom is 0.330 e. The smallest absolute Gasteiger partial charge is 0.330 e. The van der Waals surface area contributed by atoms with Crippen LogP contribution < -0.4 is 11.2 Å². The summed E-state index contributed by atoms with van der Waals surface area (Å²) in [6.07, 6.45) is 0.668. The molecule has 1 saturated heterocycles. The van der Waals surface area contributed by atoms with Gasteiger partial charge >= 0.3 is 17.6 Å².